The lowest BCUT2D eigenvalue weighted by molar-refractivity contribution is 0.340. The number of hydrogen-bond acceptors (Lipinski definition) is 2. The summed E-state index contributed by atoms with van der Waals surface area (Å²) in [6.45, 7) is 1.91. The van der Waals surface area contributed by atoms with Crippen molar-refractivity contribution in [2.75, 3.05) is 0 Å². The minimum atomic E-state index is 0.0365. The van der Waals surface area contributed by atoms with Gasteiger partial charge in [-0.1, -0.05) is 19.3 Å². The first kappa shape index (κ1) is 9.49. The van der Waals surface area contributed by atoms with Crippen molar-refractivity contribution in [3.8, 4) is 0 Å². The Balaban J connectivity index is 2.34. The average molecular weight is 195 g/mol. The third-order valence-electron chi connectivity index (χ3n) is 3.07. The SMILES string of the molecule is Cc1nn(C)c(=O)n1C1CCCCC1. The lowest BCUT2D eigenvalue weighted by atomic mass is 9.95. The standard InChI is InChI=1S/C10H17N3O/c1-8-11-12(2)10(14)13(8)9-6-4-3-5-7-9/h9H,3-7H2,1-2H3. The van der Waals surface area contributed by atoms with Crippen LogP contribution in [-0.4, -0.2) is 14.3 Å². The van der Waals surface area contributed by atoms with E-state index in [9.17, 15) is 4.79 Å². The molecule has 4 nitrogen and oxygen atoms in total. The highest BCUT2D eigenvalue weighted by atomic mass is 16.2. The second-order valence-corrected chi connectivity index (χ2v) is 4.12. The Labute approximate surface area is 83.5 Å². The molecule has 0 amide bonds. The quantitative estimate of drug-likeness (QED) is 0.679. The topological polar surface area (TPSA) is 39.8 Å². The van der Waals surface area contributed by atoms with E-state index in [1.165, 1.54) is 23.9 Å². The van der Waals surface area contributed by atoms with Crippen molar-refractivity contribution in [1.29, 1.82) is 0 Å². The second-order valence-electron chi connectivity index (χ2n) is 4.12. The highest BCUT2D eigenvalue weighted by molar-refractivity contribution is 4.88. The van der Waals surface area contributed by atoms with Gasteiger partial charge >= 0.3 is 5.69 Å². The van der Waals surface area contributed by atoms with Gasteiger partial charge in [-0.05, 0) is 19.8 Å². The van der Waals surface area contributed by atoms with Crippen molar-refractivity contribution < 1.29 is 0 Å². The zero-order valence-electron chi connectivity index (χ0n) is 8.86. The summed E-state index contributed by atoms with van der Waals surface area (Å²) in [4.78, 5) is 11.8. The minimum Gasteiger partial charge on any atom is -0.276 e. The molecule has 2 rings (SSSR count). The molecule has 1 heterocycles. The van der Waals surface area contributed by atoms with Gasteiger partial charge in [0.15, 0.2) is 0 Å². The van der Waals surface area contributed by atoms with Crippen LogP contribution < -0.4 is 5.69 Å². The van der Waals surface area contributed by atoms with Crippen LogP contribution in [0.3, 0.4) is 0 Å². The first-order valence-electron chi connectivity index (χ1n) is 5.32. The molecule has 1 aromatic heterocycles. The summed E-state index contributed by atoms with van der Waals surface area (Å²) in [7, 11) is 1.72. The highest BCUT2D eigenvalue weighted by Gasteiger charge is 2.20. The van der Waals surface area contributed by atoms with E-state index < -0.39 is 0 Å². The second kappa shape index (κ2) is 3.59. The summed E-state index contributed by atoms with van der Waals surface area (Å²) in [6.07, 6.45) is 6.06. The van der Waals surface area contributed by atoms with Gasteiger partial charge in [0.1, 0.15) is 5.82 Å². The molecular weight excluding hydrogens is 178 g/mol. The van der Waals surface area contributed by atoms with E-state index >= 15 is 0 Å². The number of aromatic nitrogens is 3. The minimum absolute atomic E-state index is 0.0365. The molecule has 0 N–H and O–H groups in total. The molecule has 0 aromatic carbocycles. The molecule has 1 saturated carbocycles. The molecule has 1 aliphatic rings. The fraction of sp³-hybridized carbons (Fsp3) is 0.800. The molecule has 0 unspecified atom stereocenters. The summed E-state index contributed by atoms with van der Waals surface area (Å²) >= 11 is 0. The van der Waals surface area contributed by atoms with Crippen LogP contribution in [0.25, 0.3) is 0 Å². The normalized spacial score (nSPS) is 18.7. The molecule has 1 fully saturated rings. The van der Waals surface area contributed by atoms with Gasteiger partial charge in [0.05, 0.1) is 0 Å². The Morgan fingerprint density at radius 2 is 1.93 bits per heavy atom. The Morgan fingerprint density at radius 1 is 1.29 bits per heavy atom. The van der Waals surface area contributed by atoms with Crippen LogP contribution in [0.5, 0.6) is 0 Å². The molecule has 0 aliphatic heterocycles. The molecule has 1 aliphatic carbocycles. The number of hydrogen-bond donors (Lipinski definition) is 0. The lowest BCUT2D eigenvalue weighted by Gasteiger charge is -2.22. The van der Waals surface area contributed by atoms with Crippen molar-refractivity contribution >= 4 is 0 Å². The maximum absolute atomic E-state index is 11.8. The van der Waals surface area contributed by atoms with Crippen LogP contribution in [0.15, 0.2) is 4.79 Å². The summed E-state index contributed by atoms with van der Waals surface area (Å²) in [5, 5.41) is 4.15. The van der Waals surface area contributed by atoms with E-state index in [1.807, 2.05) is 11.5 Å². The molecule has 1 aromatic rings. The van der Waals surface area contributed by atoms with Gasteiger partial charge in [-0.3, -0.25) is 4.57 Å². The van der Waals surface area contributed by atoms with Crippen molar-refractivity contribution in [2.24, 2.45) is 7.05 Å². The summed E-state index contributed by atoms with van der Waals surface area (Å²) in [5.41, 5.74) is 0.0365. The fourth-order valence-corrected chi connectivity index (χ4v) is 2.36. The third-order valence-corrected chi connectivity index (χ3v) is 3.07. The third kappa shape index (κ3) is 1.49. The summed E-state index contributed by atoms with van der Waals surface area (Å²) in [6, 6.07) is 0.393. The van der Waals surface area contributed by atoms with E-state index in [1.54, 1.807) is 7.05 Å². The van der Waals surface area contributed by atoms with Gasteiger partial charge in [-0.25, -0.2) is 9.48 Å². The van der Waals surface area contributed by atoms with E-state index in [-0.39, 0.29) is 5.69 Å². The van der Waals surface area contributed by atoms with E-state index in [2.05, 4.69) is 5.10 Å². The van der Waals surface area contributed by atoms with E-state index in [0.717, 1.165) is 18.7 Å². The van der Waals surface area contributed by atoms with Gasteiger partial charge in [0.25, 0.3) is 0 Å². The first-order valence-corrected chi connectivity index (χ1v) is 5.32. The predicted molar refractivity (Wildman–Crippen MR) is 54.3 cm³/mol. The van der Waals surface area contributed by atoms with Crippen LogP contribution in [0, 0.1) is 6.92 Å². The maximum Gasteiger partial charge on any atom is 0.345 e. The van der Waals surface area contributed by atoms with Gasteiger partial charge in [-0.15, -0.1) is 0 Å². The van der Waals surface area contributed by atoms with E-state index in [0.29, 0.717) is 6.04 Å². The molecule has 0 bridgehead atoms. The Bertz CT molecular complexity index is 371. The number of rotatable bonds is 1. The number of nitrogens with zero attached hydrogens (tertiary/aromatic N) is 3. The fourth-order valence-electron chi connectivity index (χ4n) is 2.36. The molecule has 0 saturated heterocycles. The maximum atomic E-state index is 11.8. The van der Waals surface area contributed by atoms with Crippen LogP contribution in [-0.2, 0) is 7.05 Å². The number of aryl methyl sites for hydroxylation is 2. The highest BCUT2D eigenvalue weighted by Crippen LogP contribution is 2.27. The predicted octanol–water partition coefficient (Wildman–Crippen LogP) is 1.40. The Kier molecular flexibility index (Phi) is 2.44. The molecule has 0 spiro atoms. The molecule has 4 heteroatoms. The molecule has 14 heavy (non-hydrogen) atoms. The lowest BCUT2D eigenvalue weighted by Crippen LogP contribution is -2.28. The van der Waals surface area contributed by atoms with Gasteiger partial charge in [-0.2, -0.15) is 5.10 Å². The smallest absolute Gasteiger partial charge is 0.276 e. The zero-order valence-corrected chi connectivity index (χ0v) is 8.86. The molecular formula is C10H17N3O. The largest absolute Gasteiger partial charge is 0.345 e. The van der Waals surface area contributed by atoms with Crippen LogP contribution >= 0.6 is 0 Å². The zero-order chi connectivity index (χ0) is 10.1. The van der Waals surface area contributed by atoms with Crippen molar-refractivity contribution in [2.45, 2.75) is 45.1 Å². The first-order chi connectivity index (χ1) is 6.70. The molecule has 0 atom stereocenters. The van der Waals surface area contributed by atoms with Crippen molar-refractivity contribution in [1.82, 2.24) is 14.3 Å². The van der Waals surface area contributed by atoms with Crippen molar-refractivity contribution in [3.63, 3.8) is 0 Å². The summed E-state index contributed by atoms with van der Waals surface area (Å²) < 4.78 is 3.29. The van der Waals surface area contributed by atoms with Gasteiger partial charge < -0.3 is 0 Å². The Hall–Kier alpha value is -1.06. The average Bonchev–Trinajstić information content (AvgIpc) is 2.43. The van der Waals surface area contributed by atoms with Crippen LogP contribution in [0.1, 0.15) is 44.0 Å². The molecule has 78 valence electrons. The van der Waals surface area contributed by atoms with Crippen LogP contribution in [0.2, 0.25) is 0 Å². The van der Waals surface area contributed by atoms with Crippen LogP contribution in [0.4, 0.5) is 0 Å². The van der Waals surface area contributed by atoms with Crippen molar-refractivity contribution in [3.05, 3.63) is 16.3 Å². The monoisotopic (exact) mass is 195 g/mol. The molecule has 0 radical (unpaired) electrons. The van der Waals surface area contributed by atoms with E-state index in [4.69, 9.17) is 0 Å². The Morgan fingerprint density at radius 3 is 2.43 bits per heavy atom. The van der Waals surface area contributed by atoms with Gasteiger partial charge in [0, 0.05) is 13.1 Å². The summed E-state index contributed by atoms with van der Waals surface area (Å²) in [5.74, 6) is 0.851. The van der Waals surface area contributed by atoms with Gasteiger partial charge in [0.2, 0.25) is 0 Å².